The maximum Gasteiger partial charge on any atom is 0.343 e. The fourth-order valence-electron chi connectivity index (χ4n) is 5.93. The van der Waals surface area contributed by atoms with E-state index in [4.69, 9.17) is 33.2 Å². The fourth-order valence-corrected chi connectivity index (χ4v) is 5.93. The van der Waals surface area contributed by atoms with E-state index < -0.39 is 22.8 Å². The largest absolute Gasteiger partial charge is 0.494 e. The minimum absolute atomic E-state index is 0.105. The highest BCUT2D eigenvalue weighted by molar-refractivity contribution is 5.91. The molecule has 0 saturated carbocycles. The molecule has 0 aliphatic carbocycles. The van der Waals surface area contributed by atoms with Gasteiger partial charge in [0.1, 0.15) is 23.0 Å². The van der Waals surface area contributed by atoms with Crippen LogP contribution < -0.4 is 44.0 Å². The zero-order chi connectivity index (χ0) is 43.9. The van der Waals surface area contributed by atoms with Crippen LogP contribution >= 0.6 is 0 Å². The molecule has 0 spiro atoms. The Bertz CT molecular complexity index is 2160. The highest BCUT2D eigenvalue weighted by Gasteiger charge is 2.16. The van der Waals surface area contributed by atoms with Crippen molar-refractivity contribution >= 4 is 11.9 Å². The third-order valence-corrected chi connectivity index (χ3v) is 9.37. The molecule has 0 aliphatic heterocycles. The first-order chi connectivity index (χ1) is 30.2. The first-order valence-corrected chi connectivity index (χ1v) is 21.1. The summed E-state index contributed by atoms with van der Waals surface area (Å²) < 4.78 is 39.2. The summed E-state index contributed by atoms with van der Waals surface area (Å²) in [6.45, 7) is 5.43. The standard InChI is InChI=1S/C48H53N3O11/c1-4-6-8-10-12-14-32-57-36-24-28-40(52)42(30-26-36)61-44(54)34-16-20-38(21-17-34)59-47-49-46(56-3)50-48(51-47)60-39-22-18-35(19-23-39)45(55)62-43-31-27-37(25-29-41(43)53)58-33-15-13-11-9-7-5-2/h16-31H,4-15,32-33H2,1-3H3. The zero-order valence-corrected chi connectivity index (χ0v) is 35.5. The third-order valence-electron chi connectivity index (χ3n) is 9.37. The summed E-state index contributed by atoms with van der Waals surface area (Å²) in [4.78, 5) is 63.6. The molecule has 0 bridgehead atoms. The summed E-state index contributed by atoms with van der Waals surface area (Å²) >= 11 is 0. The van der Waals surface area contributed by atoms with Gasteiger partial charge in [-0.15, -0.1) is 15.0 Å². The number of methoxy groups -OCH3 is 1. The van der Waals surface area contributed by atoms with E-state index in [1.807, 2.05) is 0 Å². The van der Waals surface area contributed by atoms with Crippen LogP contribution in [-0.4, -0.2) is 47.2 Å². The molecule has 4 aromatic carbocycles. The molecule has 5 aromatic rings. The van der Waals surface area contributed by atoms with Gasteiger partial charge >= 0.3 is 30.0 Å². The van der Waals surface area contributed by atoms with E-state index >= 15 is 0 Å². The summed E-state index contributed by atoms with van der Waals surface area (Å²) in [6.07, 6.45) is 13.6. The predicted octanol–water partition coefficient (Wildman–Crippen LogP) is 10.1. The summed E-state index contributed by atoms with van der Waals surface area (Å²) in [7, 11) is 1.36. The van der Waals surface area contributed by atoms with Crippen molar-refractivity contribution in [3.63, 3.8) is 0 Å². The van der Waals surface area contributed by atoms with E-state index in [2.05, 4.69) is 28.8 Å². The Morgan fingerprint density at radius 3 is 1.19 bits per heavy atom. The first kappa shape index (κ1) is 46.2. The van der Waals surface area contributed by atoms with Crippen molar-refractivity contribution in [1.82, 2.24) is 15.0 Å². The number of benzene rings is 2. The number of ether oxygens (including phenoxy) is 7. The van der Waals surface area contributed by atoms with E-state index in [1.165, 1.54) is 131 Å². The van der Waals surface area contributed by atoms with E-state index in [0.717, 1.165) is 25.7 Å². The molecule has 0 atom stereocenters. The van der Waals surface area contributed by atoms with Crippen LogP contribution in [0.4, 0.5) is 0 Å². The highest BCUT2D eigenvalue weighted by atomic mass is 16.5. The molecule has 0 aliphatic rings. The lowest BCUT2D eigenvalue weighted by Crippen LogP contribution is -2.13. The van der Waals surface area contributed by atoms with Gasteiger partial charge in [-0.3, -0.25) is 9.59 Å². The molecular formula is C48H53N3O11. The van der Waals surface area contributed by atoms with Crippen molar-refractivity contribution in [1.29, 1.82) is 0 Å². The van der Waals surface area contributed by atoms with Crippen LogP contribution in [-0.2, 0) is 0 Å². The predicted molar refractivity (Wildman–Crippen MR) is 232 cm³/mol. The van der Waals surface area contributed by atoms with Gasteiger partial charge in [-0.2, -0.15) is 0 Å². The van der Waals surface area contributed by atoms with Crippen molar-refractivity contribution < 1.29 is 42.7 Å². The lowest BCUT2D eigenvalue weighted by Gasteiger charge is -2.09. The molecule has 5 rings (SSSR count). The molecule has 0 fully saturated rings. The van der Waals surface area contributed by atoms with Crippen LogP contribution in [0.1, 0.15) is 112 Å². The molecule has 0 radical (unpaired) electrons. The Morgan fingerprint density at radius 2 is 0.790 bits per heavy atom. The molecule has 1 heterocycles. The number of unbranched alkanes of at least 4 members (excludes halogenated alkanes) is 10. The van der Waals surface area contributed by atoms with Gasteiger partial charge in [0.05, 0.1) is 31.5 Å². The Morgan fingerprint density at radius 1 is 0.435 bits per heavy atom. The third kappa shape index (κ3) is 15.3. The SMILES string of the molecule is CCCCCCCCOc1ccc(OC(=O)c2ccc(Oc3nc(OC)nc(Oc4ccc(C(=O)Oc5ccc(OCCCCCCCC)ccc5=O)cc4)n3)cc2)c(=O)cc1. The Kier molecular flexibility index (Phi) is 18.7. The summed E-state index contributed by atoms with van der Waals surface area (Å²) in [5.74, 6) is -0.217. The number of carbonyl (C=O) groups is 2. The summed E-state index contributed by atoms with van der Waals surface area (Å²) in [5.41, 5.74) is -0.613. The molecule has 0 saturated heterocycles. The topological polar surface area (TPSA) is 172 Å². The minimum atomic E-state index is -0.742. The summed E-state index contributed by atoms with van der Waals surface area (Å²) in [5, 5.41) is 0. The number of rotatable bonds is 25. The van der Waals surface area contributed by atoms with Gasteiger partial charge in [-0.1, -0.05) is 78.1 Å². The molecule has 14 heteroatoms. The molecular weight excluding hydrogens is 795 g/mol. The van der Waals surface area contributed by atoms with Gasteiger partial charge in [-0.25, -0.2) is 9.59 Å². The van der Waals surface area contributed by atoms with Crippen molar-refractivity contribution in [2.75, 3.05) is 20.3 Å². The van der Waals surface area contributed by atoms with Crippen molar-refractivity contribution in [3.05, 3.63) is 129 Å². The molecule has 0 amide bonds. The van der Waals surface area contributed by atoms with Crippen molar-refractivity contribution in [2.24, 2.45) is 0 Å². The van der Waals surface area contributed by atoms with Crippen LogP contribution in [0.3, 0.4) is 0 Å². The van der Waals surface area contributed by atoms with Crippen LogP contribution in [0.25, 0.3) is 0 Å². The number of esters is 2. The normalized spacial score (nSPS) is 10.7. The number of carbonyl (C=O) groups excluding carboxylic acids is 2. The Hall–Kier alpha value is -6.83. The van der Waals surface area contributed by atoms with Gasteiger partial charge in [-0.05, 0) is 110 Å². The van der Waals surface area contributed by atoms with Crippen LogP contribution in [0, 0.1) is 0 Å². The van der Waals surface area contributed by atoms with E-state index in [0.29, 0.717) is 24.7 Å². The van der Waals surface area contributed by atoms with Crippen molar-refractivity contribution in [2.45, 2.75) is 90.9 Å². The van der Waals surface area contributed by atoms with E-state index in [9.17, 15) is 19.2 Å². The number of hydrogen-bond acceptors (Lipinski definition) is 14. The second kappa shape index (κ2) is 25.1. The molecule has 14 nitrogen and oxygen atoms in total. The van der Waals surface area contributed by atoms with Crippen LogP contribution in [0.15, 0.2) is 107 Å². The maximum absolute atomic E-state index is 12.9. The van der Waals surface area contributed by atoms with E-state index in [-0.39, 0.29) is 52.2 Å². The highest BCUT2D eigenvalue weighted by Crippen LogP contribution is 2.26. The molecule has 0 unspecified atom stereocenters. The average Bonchev–Trinajstić information content (AvgIpc) is 3.56. The maximum atomic E-state index is 12.9. The first-order valence-electron chi connectivity index (χ1n) is 21.1. The second-order valence-electron chi connectivity index (χ2n) is 14.2. The Labute approximate surface area is 361 Å². The molecule has 326 valence electrons. The zero-order valence-electron chi connectivity index (χ0n) is 35.5. The van der Waals surface area contributed by atoms with Gasteiger partial charge in [0.2, 0.25) is 10.9 Å². The van der Waals surface area contributed by atoms with Crippen molar-refractivity contribution in [3.8, 4) is 52.5 Å². The number of aromatic nitrogens is 3. The van der Waals surface area contributed by atoms with Gasteiger partial charge < -0.3 is 33.2 Å². The van der Waals surface area contributed by atoms with Crippen LogP contribution in [0.5, 0.6) is 52.5 Å². The number of hydrogen-bond donors (Lipinski definition) is 0. The van der Waals surface area contributed by atoms with Gasteiger partial charge in [0.25, 0.3) is 0 Å². The second-order valence-corrected chi connectivity index (χ2v) is 14.2. The van der Waals surface area contributed by atoms with E-state index in [1.54, 1.807) is 24.3 Å². The number of nitrogens with zero attached hydrogens (tertiary/aromatic N) is 3. The van der Waals surface area contributed by atoms with Gasteiger partial charge in [0, 0.05) is 0 Å². The Balaban J connectivity index is 1.13. The monoisotopic (exact) mass is 847 g/mol. The molecule has 62 heavy (non-hydrogen) atoms. The molecule has 1 aromatic heterocycles. The minimum Gasteiger partial charge on any atom is -0.494 e. The quantitative estimate of drug-likeness (QED) is 0.0401. The molecule has 0 N–H and O–H groups in total. The van der Waals surface area contributed by atoms with Crippen LogP contribution in [0.2, 0.25) is 0 Å². The smallest absolute Gasteiger partial charge is 0.343 e. The summed E-state index contributed by atoms with van der Waals surface area (Å²) in [6, 6.07) is 23.2. The average molecular weight is 848 g/mol. The van der Waals surface area contributed by atoms with Gasteiger partial charge in [0.15, 0.2) is 11.5 Å². The lowest BCUT2D eigenvalue weighted by molar-refractivity contribution is 0.0723. The lowest BCUT2D eigenvalue weighted by atomic mass is 10.1. The fraction of sp³-hybridized carbons (Fsp3) is 0.354.